The summed E-state index contributed by atoms with van der Waals surface area (Å²) in [5, 5.41) is 3.74. The summed E-state index contributed by atoms with van der Waals surface area (Å²) < 4.78 is 8.62. The summed E-state index contributed by atoms with van der Waals surface area (Å²) >= 11 is 0. The van der Waals surface area contributed by atoms with E-state index in [2.05, 4.69) is 108 Å². The Morgan fingerprint density at radius 1 is 0.512 bits per heavy atom. The van der Waals surface area contributed by atoms with Crippen molar-refractivity contribution in [1.82, 2.24) is 4.57 Å². The van der Waals surface area contributed by atoms with Crippen molar-refractivity contribution in [2.75, 3.05) is 0 Å². The first-order valence-corrected chi connectivity index (χ1v) is 13.9. The predicted octanol–water partition coefficient (Wildman–Crippen LogP) is 9.20. The first-order valence-electron chi connectivity index (χ1n) is 13.9. The quantitative estimate of drug-likeness (QED) is 0.211. The van der Waals surface area contributed by atoms with Gasteiger partial charge in [0.1, 0.15) is 11.2 Å². The summed E-state index contributed by atoms with van der Waals surface area (Å²) in [5.41, 5.74) is 10.9. The molecule has 0 fully saturated rings. The molecule has 0 spiro atoms. The first-order chi connectivity index (χ1) is 20.3. The lowest BCUT2D eigenvalue weighted by molar-refractivity contribution is 0.659. The zero-order chi connectivity index (χ0) is 27.1. The Balaban J connectivity index is 1.26. The number of hydrogen-bond acceptors (Lipinski definition) is 2. The molecule has 1 aliphatic carbocycles. The molecule has 2 heterocycles. The molecule has 41 heavy (non-hydrogen) atoms. The van der Waals surface area contributed by atoms with Gasteiger partial charge in [-0.1, -0.05) is 84.9 Å². The van der Waals surface area contributed by atoms with Crippen LogP contribution in [0.3, 0.4) is 0 Å². The number of hydrogen-bond donors (Lipinski definition) is 0. The van der Waals surface area contributed by atoms with Gasteiger partial charge in [-0.15, -0.1) is 0 Å². The van der Waals surface area contributed by atoms with Crippen LogP contribution in [0.15, 0.2) is 143 Å². The van der Waals surface area contributed by atoms with Crippen LogP contribution in [0.2, 0.25) is 0 Å². The fourth-order valence-electron chi connectivity index (χ4n) is 6.89. The predicted molar refractivity (Wildman–Crippen MR) is 167 cm³/mol. The molecular weight excluding hydrogens is 502 g/mol. The van der Waals surface area contributed by atoms with E-state index in [9.17, 15) is 4.79 Å². The molecular formula is C38H23NO2. The van der Waals surface area contributed by atoms with Crippen molar-refractivity contribution in [3.8, 4) is 16.8 Å². The smallest absolute Gasteiger partial charge is 0.200 e. The fraction of sp³-hybridized carbons (Fsp3) is 0.0263. The van der Waals surface area contributed by atoms with Crippen LogP contribution in [0.1, 0.15) is 22.6 Å². The van der Waals surface area contributed by atoms with Crippen LogP contribution < -0.4 is 5.43 Å². The monoisotopic (exact) mass is 525 g/mol. The average molecular weight is 526 g/mol. The van der Waals surface area contributed by atoms with E-state index in [0.717, 1.165) is 11.3 Å². The van der Waals surface area contributed by atoms with Crippen LogP contribution >= 0.6 is 0 Å². The first kappa shape index (κ1) is 22.4. The molecule has 0 aliphatic heterocycles. The number of para-hydroxylation sites is 3. The Bertz CT molecular complexity index is 2360. The maximum absolute atomic E-state index is 13.2. The molecule has 3 nitrogen and oxygen atoms in total. The van der Waals surface area contributed by atoms with Gasteiger partial charge in [0.25, 0.3) is 0 Å². The van der Waals surface area contributed by atoms with E-state index in [4.69, 9.17) is 4.42 Å². The van der Waals surface area contributed by atoms with Crippen LogP contribution in [0.25, 0.3) is 60.6 Å². The molecule has 0 radical (unpaired) electrons. The zero-order valence-corrected chi connectivity index (χ0v) is 22.0. The van der Waals surface area contributed by atoms with Gasteiger partial charge in [-0.25, -0.2) is 0 Å². The summed E-state index contributed by atoms with van der Waals surface area (Å²) in [6.45, 7) is 0. The van der Waals surface area contributed by atoms with Crippen LogP contribution in [-0.4, -0.2) is 4.57 Å². The molecule has 0 N–H and O–H groups in total. The molecule has 1 atom stereocenters. The second-order valence-electron chi connectivity index (χ2n) is 10.8. The Labute approximate surface area is 235 Å². The second kappa shape index (κ2) is 8.30. The third-order valence-corrected chi connectivity index (χ3v) is 8.68. The highest BCUT2D eigenvalue weighted by Crippen LogP contribution is 2.49. The van der Waals surface area contributed by atoms with Crippen molar-refractivity contribution in [2.24, 2.45) is 0 Å². The van der Waals surface area contributed by atoms with Gasteiger partial charge < -0.3 is 8.98 Å². The number of aromatic nitrogens is 1. The van der Waals surface area contributed by atoms with Gasteiger partial charge in [-0.2, -0.15) is 0 Å². The highest BCUT2D eigenvalue weighted by Gasteiger charge is 2.30. The molecule has 6 aromatic carbocycles. The van der Waals surface area contributed by atoms with Gasteiger partial charge in [0.15, 0.2) is 0 Å². The van der Waals surface area contributed by atoms with E-state index in [0.29, 0.717) is 21.9 Å². The van der Waals surface area contributed by atoms with Gasteiger partial charge in [0, 0.05) is 22.4 Å². The van der Waals surface area contributed by atoms with Gasteiger partial charge >= 0.3 is 0 Å². The minimum absolute atomic E-state index is 0.0106. The molecule has 0 bridgehead atoms. The lowest BCUT2D eigenvalue weighted by Crippen LogP contribution is -2.04. The second-order valence-corrected chi connectivity index (χ2v) is 10.8. The van der Waals surface area contributed by atoms with Crippen LogP contribution in [-0.2, 0) is 0 Å². The summed E-state index contributed by atoms with van der Waals surface area (Å²) in [4.78, 5) is 13.2. The average Bonchev–Trinajstić information content (AvgIpc) is 3.54. The summed E-state index contributed by atoms with van der Waals surface area (Å²) in [6.07, 6.45) is 0. The van der Waals surface area contributed by atoms with Crippen LogP contribution in [0, 0.1) is 0 Å². The van der Waals surface area contributed by atoms with E-state index < -0.39 is 0 Å². The minimum Gasteiger partial charge on any atom is -0.456 e. The molecule has 3 heteroatoms. The highest BCUT2D eigenvalue weighted by molar-refractivity contribution is 6.09. The third kappa shape index (κ3) is 3.12. The molecule has 1 aliphatic rings. The Kier molecular flexibility index (Phi) is 4.53. The van der Waals surface area contributed by atoms with Gasteiger partial charge in [-0.05, 0) is 76.3 Å². The molecule has 2 aromatic heterocycles. The zero-order valence-electron chi connectivity index (χ0n) is 22.0. The largest absolute Gasteiger partial charge is 0.456 e. The number of nitrogens with zero attached hydrogens (tertiary/aromatic N) is 1. The van der Waals surface area contributed by atoms with Gasteiger partial charge in [0.05, 0.1) is 21.8 Å². The van der Waals surface area contributed by atoms with Crippen molar-refractivity contribution >= 4 is 43.7 Å². The minimum atomic E-state index is 0.0106. The van der Waals surface area contributed by atoms with Gasteiger partial charge in [0.2, 0.25) is 5.43 Å². The fourth-order valence-corrected chi connectivity index (χ4v) is 6.89. The normalized spacial score (nSPS) is 14.2. The Morgan fingerprint density at radius 3 is 1.95 bits per heavy atom. The lowest BCUT2D eigenvalue weighted by atomic mass is 9.89. The lowest BCUT2D eigenvalue weighted by Gasteiger charge is -2.16. The Hall–Kier alpha value is -5.41. The van der Waals surface area contributed by atoms with Crippen molar-refractivity contribution < 1.29 is 4.42 Å². The van der Waals surface area contributed by atoms with Crippen LogP contribution in [0.5, 0.6) is 0 Å². The van der Waals surface area contributed by atoms with Crippen LogP contribution in [0.4, 0.5) is 0 Å². The van der Waals surface area contributed by atoms with Crippen molar-refractivity contribution in [3.05, 3.63) is 160 Å². The molecule has 0 saturated carbocycles. The summed E-state index contributed by atoms with van der Waals surface area (Å²) in [6, 6.07) is 46.3. The number of benzene rings is 6. The summed E-state index contributed by atoms with van der Waals surface area (Å²) in [5.74, 6) is 0.0505. The highest BCUT2D eigenvalue weighted by atomic mass is 16.3. The topological polar surface area (TPSA) is 35.1 Å². The van der Waals surface area contributed by atoms with E-state index in [1.165, 1.54) is 44.1 Å². The molecule has 8 aromatic rings. The number of fused-ring (bicyclic) bond motifs is 8. The van der Waals surface area contributed by atoms with Crippen molar-refractivity contribution in [1.29, 1.82) is 0 Å². The Morgan fingerprint density at radius 2 is 1.15 bits per heavy atom. The molecule has 9 rings (SSSR count). The van der Waals surface area contributed by atoms with Crippen molar-refractivity contribution in [2.45, 2.75) is 5.92 Å². The molecule has 192 valence electrons. The standard InChI is InChI=1S/C38H23NO2/c40-38-30-13-5-8-16-35(30)41-36-21-23(17-19-31(36)38)37-28-12-2-1-9-25(28)32-22-24(18-20-29(32)37)39-33-14-6-3-10-26(33)27-11-4-7-15-34(27)39/h1-22,37H. The molecule has 0 saturated heterocycles. The summed E-state index contributed by atoms with van der Waals surface area (Å²) in [7, 11) is 0. The van der Waals surface area contributed by atoms with E-state index in [-0.39, 0.29) is 11.3 Å². The maximum Gasteiger partial charge on any atom is 0.200 e. The van der Waals surface area contributed by atoms with E-state index in [1.54, 1.807) is 0 Å². The molecule has 1 unspecified atom stereocenters. The SMILES string of the molecule is O=c1c2ccccc2oc2cc(C3c4ccccc4-c4cc(-n5c6ccccc6c6ccccc65)ccc43)ccc12. The molecule has 0 amide bonds. The van der Waals surface area contributed by atoms with Crippen molar-refractivity contribution in [3.63, 3.8) is 0 Å². The maximum atomic E-state index is 13.2. The third-order valence-electron chi connectivity index (χ3n) is 8.68. The number of rotatable bonds is 2. The van der Waals surface area contributed by atoms with E-state index in [1.807, 2.05) is 30.3 Å². The van der Waals surface area contributed by atoms with Gasteiger partial charge in [-0.3, -0.25) is 4.79 Å². The van der Waals surface area contributed by atoms with E-state index >= 15 is 0 Å².